The maximum absolute atomic E-state index is 12.0. The van der Waals surface area contributed by atoms with Gasteiger partial charge in [-0.3, -0.25) is 9.78 Å². The number of anilines is 1. The molecule has 0 aromatic carbocycles. The molecule has 1 aromatic heterocycles. The van der Waals surface area contributed by atoms with Crippen LogP contribution >= 0.6 is 0 Å². The Balaban J connectivity index is 1.95. The van der Waals surface area contributed by atoms with Crippen molar-refractivity contribution in [2.45, 2.75) is 32.6 Å². The van der Waals surface area contributed by atoms with Crippen LogP contribution < -0.4 is 5.32 Å². The van der Waals surface area contributed by atoms with Gasteiger partial charge < -0.3 is 10.1 Å². The summed E-state index contributed by atoms with van der Waals surface area (Å²) in [6.45, 7) is 2.03. The van der Waals surface area contributed by atoms with Gasteiger partial charge in [0, 0.05) is 12.6 Å². The lowest BCUT2D eigenvalue weighted by Crippen LogP contribution is -2.16. The van der Waals surface area contributed by atoms with E-state index < -0.39 is 5.97 Å². The molecule has 1 aliphatic rings. The Labute approximate surface area is 130 Å². The van der Waals surface area contributed by atoms with Crippen LogP contribution in [-0.2, 0) is 9.53 Å². The molecule has 0 bridgehead atoms. The number of carbonyl (C=O) groups excluding carboxylic acids is 2. The van der Waals surface area contributed by atoms with Crippen molar-refractivity contribution in [1.29, 1.82) is 0 Å². The maximum Gasteiger partial charge on any atom is 0.340 e. The van der Waals surface area contributed by atoms with E-state index in [1.165, 1.54) is 18.0 Å². The molecule has 0 radical (unpaired) electrons. The number of pyridine rings is 1. The number of nitrogens with zero attached hydrogens (tertiary/aromatic N) is 1. The molecule has 22 heavy (non-hydrogen) atoms. The minimum atomic E-state index is -0.460. The molecule has 116 valence electrons. The average molecular weight is 300 g/mol. The second-order valence-corrected chi connectivity index (χ2v) is 4.95. The Morgan fingerprint density at radius 1 is 1.36 bits per heavy atom. The van der Waals surface area contributed by atoms with E-state index in [1.54, 1.807) is 13.0 Å². The van der Waals surface area contributed by atoms with E-state index in [1.807, 2.05) is 0 Å². The maximum atomic E-state index is 12.0. The molecule has 1 aromatic rings. The van der Waals surface area contributed by atoms with E-state index in [9.17, 15) is 9.59 Å². The number of hydrogen-bond donors (Lipinski definition) is 1. The summed E-state index contributed by atoms with van der Waals surface area (Å²) in [7, 11) is 0. The van der Waals surface area contributed by atoms with E-state index in [2.05, 4.69) is 28.5 Å². The normalized spacial score (nSPS) is 13.4. The summed E-state index contributed by atoms with van der Waals surface area (Å²) < 4.78 is 4.97. The van der Waals surface area contributed by atoms with Crippen LogP contribution in [0.25, 0.3) is 0 Å². The third-order valence-corrected chi connectivity index (χ3v) is 3.30. The fraction of sp³-hybridized carbons (Fsp3) is 0.353. The zero-order valence-corrected chi connectivity index (χ0v) is 12.7. The molecule has 1 N–H and O–H groups in total. The van der Waals surface area contributed by atoms with E-state index in [4.69, 9.17) is 4.74 Å². The summed E-state index contributed by atoms with van der Waals surface area (Å²) in [5.41, 5.74) is 1.89. The average Bonchev–Trinajstić information content (AvgIpc) is 2.54. The van der Waals surface area contributed by atoms with Crippen LogP contribution in [0.1, 0.15) is 43.0 Å². The van der Waals surface area contributed by atoms with Gasteiger partial charge in [-0.15, -0.1) is 0 Å². The van der Waals surface area contributed by atoms with Crippen LogP contribution in [0.4, 0.5) is 5.69 Å². The Morgan fingerprint density at radius 3 is 2.95 bits per heavy atom. The summed E-state index contributed by atoms with van der Waals surface area (Å²) in [5, 5.41) is 2.74. The van der Waals surface area contributed by atoms with Crippen LogP contribution in [0.5, 0.6) is 0 Å². The van der Waals surface area contributed by atoms with Crippen molar-refractivity contribution in [3.8, 4) is 0 Å². The number of amides is 1. The third-order valence-electron chi connectivity index (χ3n) is 3.30. The number of esters is 1. The lowest BCUT2D eigenvalue weighted by atomic mass is 10.0. The van der Waals surface area contributed by atoms with Crippen LogP contribution in [-0.4, -0.2) is 23.5 Å². The zero-order chi connectivity index (χ0) is 15.8. The molecule has 0 saturated heterocycles. The molecule has 1 heterocycles. The molecular weight excluding hydrogens is 280 g/mol. The summed E-state index contributed by atoms with van der Waals surface area (Å²) in [4.78, 5) is 27.8. The van der Waals surface area contributed by atoms with Crippen molar-refractivity contribution in [3.05, 3.63) is 47.8 Å². The monoisotopic (exact) mass is 300 g/mol. The fourth-order valence-electron chi connectivity index (χ4n) is 2.20. The molecule has 0 aliphatic heterocycles. The van der Waals surface area contributed by atoms with Crippen molar-refractivity contribution >= 4 is 17.6 Å². The largest absolute Gasteiger partial charge is 0.462 e. The Morgan fingerprint density at radius 2 is 2.23 bits per heavy atom. The number of rotatable bonds is 6. The van der Waals surface area contributed by atoms with E-state index in [0.717, 1.165) is 12.8 Å². The first-order valence-electron chi connectivity index (χ1n) is 7.47. The predicted molar refractivity (Wildman–Crippen MR) is 84.5 cm³/mol. The van der Waals surface area contributed by atoms with Gasteiger partial charge in [0.2, 0.25) is 5.91 Å². The van der Waals surface area contributed by atoms with Crippen LogP contribution in [0.15, 0.2) is 42.3 Å². The molecule has 0 fully saturated rings. The van der Waals surface area contributed by atoms with Gasteiger partial charge in [0.05, 0.1) is 24.1 Å². The van der Waals surface area contributed by atoms with Crippen molar-refractivity contribution in [2.24, 2.45) is 0 Å². The summed E-state index contributed by atoms with van der Waals surface area (Å²) >= 11 is 0. The van der Waals surface area contributed by atoms with Gasteiger partial charge in [-0.25, -0.2) is 4.79 Å². The fourth-order valence-corrected chi connectivity index (χ4v) is 2.20. The minimum Gasteiger partial charge on any atom is -0.462 e. The van der Waals surface area contributed by atoms with Gasteiger partial charge in [-0.05, 0) is 32.3 Å². The van der Waals surface area contributed by atoms with Gasteiger partial charge in [0.1, 0.15) is 0 Å². The van der Waals surface area contributed by atoms with Crippen molar-refractivity contribution in [3.63, 3.8) is 0 Å². The van der Waals surface area contributed by atoms with E-state index in [-0.39, 0.29) is 12.5 Å². The van der Waals surface area contributed by atoms with Crippen molar-refractivity contribution in [1.82, 2.24) is 4.98 Å². The lowest BCUT2D eigenvalue weighted by Gasteiger charge is -2.10. The molecule has 0 atom stereocenters. The lowest BCUT2D eigenvalue weighted by molar-refractivity contribution is -0.116. The molecule has 0 saturated carbocycles. The van der Waals surface area contributed by atoms with Gasteiger partial charge in [0.25, 0.3) is 0 Å². The molecule has 5 heteroatoms. The number of allylic oxidation sites excluding steroid dienone is 4. The number of carbonyl (C=O) groups is 2. The topological polar surface area (TPSA) is 68.3 Å². The highest BCUT2D eigenvalue weighted by Gasteiger charge is 2.14. The first-order valence-corrected chi connectivity index (χ1v) is 7.47. The molecule has 2 rings (SSSR count). The van der Waals surface area contributed by atoms with Crippen LogP contribution in [0.2, 0.25) is 0 Å². The van der Waals surface area contributed by atoms with E-state index >= 15 is 0 Å². The van der Waals surface area contributed by atoms with Gasteiger partial charge in [-0.2, -0.15) is 0 Å². The Bertz CT molecular complexity index is 606. The number of nitrogens with one attached hydrogen (secondary N) is 1. The molecule has 5 nitrogen and oxygen atoms in total. The Kier molecular flexibility index (Phi) is 5.89. The Hall–Kier alpha value is -2.43. The molecule has 0 unspecified atom stereocenters. The van der Waals surface area contributed by atoms with Gasteiger partial charge in [0.15, 0.2) is 0 Å². The third kappa shape index (κ3) is 4.55. The first kappa shape index (κ1) is 15.9. The SMILES string of the molecule is CCOC(=O)c1ccncc1NC(=O)CCC1=CCCC=C1. The van der Waals surface area contributed by atoms with Crippen molar-refractivity contribution in [2.75, 3.05) is 11.9 Å². The van der Waals surface area contributed by atoms with Crippen molar-refractivity contribution < 1.29 is 14.3 Å². The first-order chi connectivity index (χ1) is 10.7. The number of ether oxygens (including phenoxy) is 1. The zero-order valence-electron chi connectivity index (χ0n) is 12.7. The predicted octanol–water partition coefficient (Wildman–Crippen LogP) is 3.25. The highest BCUT2D eigenvalue weighted by molar-refractivity contribution is 6.01. The quantitative estimate of drug-likeness (QED) is 0.819. The second-order valence-electron chi connectivity index (χ2n) is 4.95. The molecular formula is C17H20N2O3. The molecule has 0 spiro atoms. The summed E-state index contributed by atoms with van der Waals surface area (Å²) in [5.74, 6) is -0.600. The smallest absolute Gasteiger partial charge is 0.340 e. The van der Waals surface area contributed by atoms with Crippen LogP contribution in [0, 0.1) is 0 Å². The standard InChI is InChI=1S/C17H20N2O3/c1-2-22-17(21)14-10-11-18-12-15(14)19-16(20)9-8-13-6-4-3-5-7-13/h4,6-7,10-12H,2-3,5,8-9H2,1H3,(H,19,20). The molecule has 1 amide bonds. The number of hydrogen-bond acceptors (Lipinski definition) is 4. The summed E-state index contributed by atoms with van der Waals surface area (Å²) in [6, 6.07) is 1.54. The van der Waals surface area contributed by atoms with Gasteiger partial charge >= 0.3 is 5.97 Å². The number of aromatic nitrogens is 1. The van der Waals surface area contributed by atoms with E-state index in [0.29, 0.717) is 24.1 Å². The highest BCUT2D eigenvalue weighted by Crippen LogP contribution is 2.18. The van der Waals surface area contributed by atoms with Crippen LogP contribution in [0.3, 0.4) is 0 Å². The molecule has 1 aliphatic carbocycles. The summed E-state index contributed by atoms with van der Waals surface area (Å²) in [6.07, 6.45) is 12.4. The highest BCUT2D eigenvalue weighted by atomic mass is 16.5. The minimum absolute atomic E-state index is 0.140. The van der Waals surface area contributed by atoms with Gasteiger partial charge in [-0.1, -0.05) is 23.8 Å². The second kappa shape index (κ2) is 8.12.